The summed E-state index contributed by atoms with van der Waals surface area (Å²) in [5, 5.41) is 0. The van der Waals surface area contributed by atoms with E-state index < -0.39 is 0 Å². The molecule has 0 aliphatic heterocycles. The van der Waals surface area contributed by atoms with Gasteiger partial charge in [0.1, 0.15) is 0 Å². The maximum Gasteiger partial charge on any atom is 0.00412 e. The van der Waals surface area contributed by atoms with Gasteiger partial charge in [0.05, 0.1) is 0 Å². The van der Waals surface area contributed by atoms with Crippen LogP contribution in [0.1, 0.15) is 105 Å². The third kappa shape index (κ3) is 14.9. The summed E-state index contributed by atoms with van der Waals surface area (Å²) in [5.41, 5.74) is 0. The summed E-state index contributed by atoms with van der Waals surface area (Å²) in [6.45, 7) is 12.8. The highest BCUT2D eigenvalue weighted by atomic mass is 35.5. The average molecular weight is 320 g/mol. The molecule has 2 heteroatoms. The Kier molecular flexibility index (Phi) is 18.6. The molecule has 0 amide bonds. The number of nitrogens with zero attached hydrogens (tertiary/aromatic N) is 1. The van der Waals surface area contributed by atoms with Gasteiger partial charge in [-0.1, -0.05) is 71.1 Å². The van der Waals surface area contributed by atoms with Crippen molar-refractivity contribution in [3.8, 4) is 0 Å². The van der Waals surface area contributed by atoms with Crippen LogP contribution in [-0.4, -0.2) is 23.5 Å². The molecule has 0 fully saturated rings. The molecule has 0 atom stereocenters. The summed E-state index contributed by atoms with van der Waals surface area (Å²) in [6.07, 6.45) is 15.8. The lowest BCUT2D eigenvalue weighted by atomic mass is 10.1. The van der Waals surface area contributed by atoms with Gasteiger partial charge in [0.25, 0.3) is 0 Å². The molecule has 0 rings (SSSR count). The van der Waals surface area contributed by atoms with E-state index in [0.717, 1.165) is 0 Å². The van der Waals surface area contributed by atoms with Gasteiger partial charge in [0.15, 0.2) is 0 Å². The van der Waals surface area contributed by atoms with E-state index in [-0.39, 0.29) is 12.4 Å². The predicted molar refractivity (Wildman–Crippen MR) is 101 cm³/mol. The molecule has 0 unspecified atom stereocenters. The summed E-state index contributed by atoms with van der Waals surface area (Å²) in [7, 11) is 0. The highest BCUT2D eigenvalue weighted by Gasteiger charge is 2.11. The van der Waals surface area contributed by atoms with Crippen molar-refractivity contribution in [1.29, 1.82) is 0 Å². The molecule has 0 aromatic rings. The van der Waals surface area contributed by atoms with Gasteiger partial charge in [0.2, 0.25) is 0 Å². The van der Waals surface area contributed by atoms with Crippen molar-refractivity contribution in [3.63, 3.8) is 0 Å². The first-order valence-corrected chi connectivity index (χ1v) is 9.35. The smallest absolute Gasteiger partial charge is 0.00412 e. The molecule has 0 aromatic carbocycles. The molecule has 0 saturated carbocycles. The second-order valence-electron chi connectivity index (χ2n) is 6.96. The molecular weight excluding hydrogens is 278 g/mol. The Morgan fingerprint density at radius 1 is 0.571 bits per heavy atom. The Morgan fingerprint density at radius 2 is 0.905 bits per heavy atom. The molecule has 0 spiro atoms. The molecule has 0 aliphatic rings. The number of unbranched alkanes of at least 4 members (excludes halogenated alkanes) is 10. The highest BCUT2D eigenvalue weighted by molar-refractivity contribution is 5.85. The topological polar surface area (TPSA) is 3.24 Å². The van der Waals surface area contributed by atoms with Crippen molar-refractivity contribution in [2.45, 2.75) is 117 Å². The lowest BCUT2D eigenvalue weighted by Gasteiger charge is -2.30. The van der Waals surface area contributed by atoms with Gasteiger partial charge in [-0.25, -0.2) is 0 Å². The summed E-state index contributed by atoms with van der Waals surface area (Å²) < 4.78 is 0. The molecule has 1 nitrogen and oxygen atoms in total. The van der Waals surface area contributed by atoms with Crippen molar-refractivity contribution in [1.82, 2.24) is 4.90 Å². The van der Waals surface area contributed by atoms with Crippen LogP contribution in [0.4, 0.5) is 0 Å². The van der Waals surface area contributed by atoms with E-state index in [2.05, 4.69) is 39.5 Å². The molecule has 0 aliphatic carbocycles. The number of hydrogen-bond donors (Lipinski definition) is 0. The van der Waals surface area contributed by atoms with E-state index in [4.69, 9.17) is 0 Å². The van der Waals surface area contributed by atoms with Gasteiger partial charge >= 0.3 is 0 Å². The van der Waals surface area contributed by atoms with Gasteiger partial charge in [0, 0.05) is 12.1 Å². The fourth-order valence-electron chi connectivity index (χ4n) is 3.07. The van der Waals surface area contributed by atoms with E-state index in [1.165, 1.54) is 77.2 Å². The first-order valence-electron chi connectivity index (χ1n) is 9.35. The number of hydrogen-bond acceptors (Lipinski definition) is 1. The minimum atomic E-state index is 0. The Balaban J connectivity index is 0. The van der Waals surface area contributed by atoms with E-state index in [9.17, 15) is 0 Å². The van der Waals surface area contributed by atoms with Gasteiger partial charge in [-0.2, -0.15) is 0 Å². The standard InChI is InChI=1S/C19H41N.ClH/c1-6-7-8-9-10-11-12-13-14-15-16-17-20(18(2)3)19(4)5;/h18-19H,6-17H2,1-5H3;1H. The fraction of sp³-hybridized carbons (Fsp3) is 1.00. The molecule has 21 heavy (non-hydrogen) atoms. The van der Waals surface area contributed by atoms with E-state index in [0.29, 0.717) is 12.1 Å². The minimum absolute atomic E-state index is 0. The first kappa shape index (κ1) is 23.5. The number of halogens is 1. The van der Waals surface area contributed by atoms with Crippen molar-refractivity contribution in [2.75, 3.05) is 6.54 Å². The molecule has 0 radical (unpaired) electrons. The van der Waals surface area contributed by atoms with Crippen molar-refractivity contribution < 1.29 is 0 Å². The second kappa shape index (κ2) is 16.6. The molecule has 130 valence electrons. The van der Waals surface area contributed by atoms with Gasteiger partial charge < -0.3 is 0 Å². The molecular formula is C19H42ClN. The summed E-state index contributed by atoms with van der Waals surface area (Å²) in [4.78, 5) is 2.62. The van der Waals surface area contributed by atoms with Crippen LogP contribution in [-0.2, 0) is 0 Å². The lowest BCUT2D eigenvalue weighted by molar-refractivity contribution is 0.171. The van der Waals surface area contributed by atoms with Crippen LogP contribution in [0.25, 0.3) is 0 Å². The zero-order valence-electron chi connectivity index (χ0n) is 15.5. The zero-order valence-corrected chi connectivity index (χ0v) is 16.3. The monoisotopic (exact) mass is 319 g/mol. The fourth-order valence-corrected chi connectivity index (χ4v) is 3.07. The largest absolute Gasteiger partial charge is 0.299 e. The lowest BCUT2D eigenvalue weighted by Crippen LogP contribution is -2.37. The quantitative estimate of drug-likeness (QED) is 0.317. The Bertz CT molecular complexity index is 184. The van der Waals surface area contributed by atoms with E-state index >= 15 is 0 Å². The van der Waals surface area contributed by atoms with Gasteiger partial charge in [-0.15, -0.1) is 12.4 Å². The third-order valence-electron chi connectivity index (χ3n) is 4.35. The summed E-state index contributed by atoms with van der Waals surface area (Å²) in [6, 6.07) is 1.39. The SMILES string of the molecule is CCCCCCCCCCCCCN(C(C)C)C(C)C.Cl. The van der Waals surface area contributed by atoms with Crippen LogP contribution in [0.5, 0.6) is 0 Å². The predicted octanol–water partition coefficient (Wildman–Crippen LogP) is 6.84. The van der Waals surface area contributed by atoms with Crippen molar-refractivity contribution in [3.05, 3.63) is 0 Å². The Morgan fingerprint density at radius 3 is 1.24 bits per heavy atom. The molecule has 0 bridgehead atoms. The van der Waals surface area contributed by atoms with Crippen LogP contribution in [0.15, 0.2) is 0 Å². The molecule has 0 N–H and O–H groups in total. The third-order valence-corrected chi connectivity index (χ3v) is 4.35. The van der Waals surface area contributed by atoms with Gasteiger partial charge in [-0.3, -0.25) is 4.90 Å². The van der Waals surface area contributed by atoms with E-state index in [1.807, 2.05) is 0 Å². The van der Waals surface area contributed by atoms with Crippen LogP contribution in [0.2, 0.25) is 0 Å². The highest BCUT2D eigenvalue weighted by Crippen LogP contribution is 2.12. The van der Waals surface area contributed by atoms with Crippen LogP contribution in [0, 0.1) is 0 Å². The normalized spacial score (nSPS) is 11.4. The maximum atomic E-state index is 2.62. The number of rotatable bonds is 14. The van der Waals surface area contributed by atoms with Crippen LogP contribution in [0.3, 0.4) is 0 Å². The van der Waals surface area contributed by atoms with Crippen LogP contribution >= 0.6 is 12.4 Å². The Labute approximate surface area is 141 Å². The minimum Gasteiger partial charge on any atom is -0.299 e. The average Bonchev–Trinajstić information content (AvgIpc) is 2.39. The van der Waals surface area contributed by atoms with Crippen LogP contribution < -0.4 is 0 Å². The van der Waals surface area contributed by atoms with E-state index in [1.54, 1.807) is 0 Å². The summed E-state index contributed by atoms with van der Waals surface area (Å²) >= 11 is 0. The first-order chi connectivity index (χ1) is 9.59. The molecule has 0 aromatic heterocycles. The molecule has 0 saturated heterocycles. The van der Waals surface area contributed by atoms with Crippen molar-refractivity contribution >= 4 is 12.4 Å². The van der Waals surface area contributed by atoms with Crippen molar-refractivity contribution in [2.24, 2.45) is 0 Å². The van der Waals surface area contributed by atoms with Gasteiger partial charge in [-0.05, 0) is 40.7 Å². The zero-order chi connectivity index (χ0) is 15.2. The maximum absolute atomic E-state index is 2.62. The Hall–Kier alpha value is 0.250. The second-order valence-corrected chi connectivity index (χ2v) is 6.96. The summed E-state index contributed by atoms with van der Waals surface area (Å²) in [5.74, 6) is 0. The molecule has 0 heterocycles.